The number of nitrogens with one attached hydrogen (secondary N) is 3. The predicted molar refractivity (Wildman–Crippen MR) is 223 cm³/mol. The van der Waals surface area contributed by atoms with E-state index in [1.165, 1.54) is 57.8 Å². The fraction of sp³-hybridized carbons (Fsp3) is 0.857. The van der Waals surface area contributed by atoms with E-state index >= 15 is 0 Å². The lowest BCUT2D eigenvalue weighted by Gasteiger charge is -2.14. The molecule has 2 atom stereocenters. The van der Waals surface area contributed by atoms with Crippen LogP contribution in [-0.2, 0) is 47.7 Å². The molecule has 0 radical (unpaired) electrons. The summed E-state index contributed by atoms with van der Waals surface area (Å²) in [5, 5.41) is 34.9. The molecular weight excluding hydrogens is 768 g/mol. The zero-order chi connectivity index (χ0) is 43.6. The molecule has 17 heteroatoms. The Kier molecular flexibility index (Phi) is 39.0. The largest absolute Gasteiger partial charge is 0.481 e. The van der Waals surface area contributed by atoms with Crippen molar-refractivity contribution in [3.63, 3.8) is 0 Å². The molecular formula is C42H78N4O13. The molecule has 0 aromatic carbocycles. The second-order valence-corrected chi connectivity index (χ2v) is 14.9. The second kappa shape index (κ2) is 41.4. The first kappa shape index (κ1) is 55.6. The van der Waals surface area contributed by atoms with Gasteiger partial charge in [-0.25, -0.2) is 4.79 Å². The molecule has 0 aliphatic heterocycles. The quantitative estimate of drug-likeness (QED) is 0.0410. The maximum atomic E-state index is 12.3. The molecule has 3 amide bonds. The summed E-state index contributed by atoms with van der Waals surface area (Å²) in [7, 11) is 0. The smallest absolute Gasteiger partial charge is 0.326 e. The average Bonchev–Trinajstić information content (AvgIpc) is 3.19. The van der Waals surface area contributed by atoms with E-state index in [1.807, 2.05) is 0 Å². The molecule has 8 N–H and O–H groups in total. The van der Waals surface area contributed by atoms with Crippen LogP contribution in [0.1, 0.15) is 154 Å². The molecule has 0 heterocycles. The topological polar surface area (TPSA) is 262 Å². The van der Waals surface area contributed by atoms with Gasteiger partial charge < -0.3 is 56.0 Å². The van der Waals surface area contributed by atoms with Crippen molar-refractivity contribution < 1.29 is 63.0 Å². The summed E-state index contributed by atoms with van der Waals surface area (Å²) in [4.78, 5) is 69.1. The van der Waals surface area contributed by atoms with Gasteiger partial charge in [-0.2, -0.15) is 0 Å². The van der Waals surface area contributed by atoms with E-state index in [0.29, 0.717) is 71.9 Å². The van der Waals surface area contributed by atoms with Crippen molar-refractivity contribution in [3.05, 3.63) is 0 Å². The molecule has 0 aliphatic rings. The Balaban J connectivity index is 3.58. The standard InChI is InChI=1S/C42H78N4O13/c43-35(41(52)53)19-17-18-25-44-38(48)24-27-56-29-31-58-33-34-59-32-30-57-28-26-45-37(47)23-22-36(42(54)55)46-39(49)20-15-13-11-9-7-5-3-1-2-4-6-8-10-12-14-16-21-40(50)51/h35-36H,1-34,43H2,(H,44,48)(H,45,47)(H,46,49)(H,50,51)(H,52,53)(H,54,55)/t35-,36-/m0/s1. The van der Waals surface area contributed by atoms with E-state index < -0.39 is 30.0 Å². The molecule has 0 unspecified atom stereocenters. The van der Waals surface area contributed by atoms with Gasteiger partial charge in [0.1, 0.15) is 12.1 Å². The third kappa shape index (κ3) is 41.2. The van der Waals surface area contributed by atoms with E-state index in [-0.39, 0.29) is 69.6 Å². The van der Waals surface area contributed by atoms with Crippen LogP contribution in [-0.4, -0.2) is 129 Å². The Morgan fingerprint density at radius 2 is 0.831 bits per heavy atom. The minimum Gasteiger partial charge on any atom is -0.481 e. The highest BCUT2D eigenvalue weighted by atomic mass is 16.6. The van der Waals surface area contributed by atoms with Gasteiger partial charge in [-0.1, -0.05) is 89.9 Å². The van der Waals surface area contributed by atoms with Crippen LogP contribution in [0.25, 0.3) is 0 Å². The minimum atomic E-state index is -1.16. The van der Waals surface area contributed by atoms with Gasteiger partial charge in [0.2, 0.25) is 17.7 Å². The summed E-state index contributed by atoms with van der Waals surface area (Å²) in [5.74, 6) is -3.66. The molecule has 0 saturated carbocycles. The molecule has 17 nitrogen and oxygen atoms in total. The molecule has 344 valence electrons. The van der Waals surface area contributed by atoms with Crippen LogP contribution in [0, 0.1) is 0 Å². The van der Waals surface area contributed by atoms with Crippen molar-refractivity contribution in [2.45, 2.75) is 166 Å². The molecule has 0 bridgehead atoms. The lowest BCUT2D eigenvalue weighted by atomic mass is 10.0. The summed E-state index contributed by atoms with van der Waals surface area (Å²) < 4.78 is 21.7. The summed E-state index contributed by atoms with van der Waals surface area (Å²) in [5.41, 5.74) is 5.43. The fourth-order valence-corrected chi connectivity index (χ4v) is 6.04. The Bertz CT molecular complexity index is 1100. The van der Waals surface area contributed by atoms with Crippen molar-refractivity contribution >= 4 is 35.6 Å². The lowest BCUT2D eigenvalue weighted by Crippen LogP contribution is -2.41. The van der Waals surface area contributed by atoms with Crippen LogP contribution in [0.2, 0.25) is 0 Å². The number of nitrogens with two attached hydrogens (primary N) is 1. The fourth-order valence-electron chi connectivity index (χ4n) is 6.04. The first-order valence-electron chi connectivity index (χ1n) is 22.1. The van der Waals surface area contributed by atoms with Gasteiger partial charge in [0.25, 0.3) is 0 Å². The number of amides is 3. The number of carbonyl (C=O) groups excluding carboxylic acids is 3. The van der Waals surface area contributed by atoms with Crippen LogP contribution in [0.4, 0.5) is 0 Å². The number of carbonyl (C=O) groups is 6. The molecule has 0 aromatic heterocycles. The average molecular weight is 847 g/mol. The van der Waals surface area contributed by atoms with Gasteiger partial charge in [0.15, 0.2) is 0 Å². The summed E-state index contributed by atoms with van der Waals surface area (Å²) in [6, 6.07) is -1.99. The summed E-state index contributed by atoms with van der Waals surface area (Å²) >= 11 is 0. The number of aliphatic carboxylic acids is 3. The SMILES string of the molecule is N[C@@H](CCCCNC(=O)CCOCCOCCOCCOCCNC(=O)CC[C@H](NC(=O)CCCCCCCCCCCCCCCCCCC(=O)O)C(=O)O)C(=O)O. The number of rotatable bonds is 45. The second-order valence-electron chi connectivity index (χ2n) is 14.9. The van der Waals surface area contributed by atoms with Gasteiger partial charge in [0, 0.05) is 38.8 Å². The molecule has 0 rings (SSSR count). The zero-order valence-electron chi connectivity index (χ0n) is 35.7. The first-order valence-corrected chi connectivity index (χ1v) is 22.1. The molecule has 0 saturated heterocycles. The highest BCUT2D eigenvalue weighted by molar-refractivity contribution is 5.84. The normalized spacial score (nSPS) is 12.2. The Morgan fingerprint density at radius 1 is 0.407 bits per heavy atom. The molecule has 0 fully saturated rings. The van der Waals surface area contributed by atoms with Crippen molar-refractivity contribution in [2.24, 2.45) is 5.73 Å². The predicted octanol–water partition coefficient (Wildman–Crippen LogP) is 4.71. The molecule has 0 aromatic rings. The number of unbranched alkanes of at least 4 members (excludes halogenated alkanes) is 16. The summed E-state index contributed by atoms with van der Waals surface area (Å²) in [6.07, 6.45) is 20.3. The zero-order valence-corrected chi connectivity index (χ0v) is 35.7. The highest BCUT2D eigenvalue weighted by Gasteiger charge is 2.21. The van der Waals surface area contributed by atoms with E-state index in [0.717, 1.165) is 38.5 Å². The lowest BCUT2D eigenvalue weighted by molar-refractivity contribution is -0.142. The van der Waals surface area contributed by atoms with Gasteiger partial charge in [0.05, 0.1) is 52.9 Å². The van der Waals surface area contributed by atoms with Crippen molar-refractivity contribution in [3.8, 4) is 0 Å². The van der Waals surface area contributed by atoms with E-state index in [2.05, 4.69) is 16.0 Å². The van der Waals surface area contributed by atoms with Crippen LogP contribution < -0.4 is 21.7 Å². The molecule has 0 aliphatic carbocycles. The van der Waals surface area contributed by atoms with Gasteiger partial charge in [-0.15, -0.1) is 0 Å². The van der Waals surface area contributed by atoms with Crippen LogP contribution in [0.3, 0.4) is 0 Å². The van der Waals surface area contributed by atoms with E-state index in [1.54, 1.807) is 0 Å². The van der Waals surface area contributed by atoms with E-state index in [4.69, 9.17) is 34.9 Å². The first-order chi connectivity index (χ1) is 28.5. The maximum absolute atomic E-state index is 12.3. The molecule has 59 heavy (non-hydrogen) atoms. The van der Waals surface area contributed by atoms with E-state index in [9.17, 15) is 33.9 Å². The van der Waals surface area contributed by atoms with Crippen LogP contribution in [0.15, 0.2) is 0 Å². The van der Waals surface area contributed by atoms with Crippen molar-refractivity contribution in [2.75, 3.05) is 65.9 Å². The third-order valence-corrected chi connectivity index (χ3v) is 9.58. The van der Waals surface area contributed by atoms with Gasteiger partial charge in [-0.3, -0.25) is 24.0 Å². The van der Waals surface area contributed by atoms with Crippen molar-refractivity contribution in [1.82, 2.24) is 16.0 Å². The molecule has 0 spiro atoms. The number of carboxylic acid groups (broad SMARTS) is 3. The monoisotopic (exact) mass is 847 g/mol. The minimum absolute atomic E-state index is 0.000395. The third-order valence-electron chi connectivity index (χ3n) is 9.58. The van der Waals surface area contributed by atoms with Crippen LogP contribution in [0.5, 0.6) is 0 Å². The van der Waals surface area contributed by atoms with Crippen molar-refractivity contribution in [1.29, 1.82) is 0 Å². The number of carboxylic acids is 3. The Labute approximate surface area is 351 Å². The number of ether oxygens (including phenoxy) is 4. The van der Waals surface area contributed by atoms with Gasteiger partial charge >= 0.3 is 17.9 Å². The number of hydrogen-bond acceptors (Lipinski definition) is 11. The Hall–Kier alpha value is -3.38. The number of hydrogen-bond donors (Lipinski definition) is 7. The summed E-state index contributed by atoms with van der Waals surface area (Å²) in [6.45, 7) is 3.37. The maximum Gasteiger partial charge on any atom is 0.326 e. The highest BCUT2D eigenvalue weighted by Crippen LogP contribution is 2.14. The van der Waals surface area contributed by atoms with Crippen LogP contribution >= 0.6 is 0 Å². The van der Waals surface area contributed by atoms with Gasteiger partial charge in [-0.05, 0) is 38.5 Å². The Morgan fingerprint density at radius 3 is 1.31 bits per heavy atom.